The molecule has 0 rings (SSSR count). The molecule has 0 aliphatic carbocycles. The first-order valence-electron chi connectivity index (χ1n) is 5.77. The monoisotopic (exact) mass is 295 g/mol. The second-order valence-electron chi connectivity index (χ2n) is 4.82. The van der Waals surface area contributed by atoms with E-state index in [0.717, 1.165) is 6.04 Å². The van der Waals surface area contributed by atoms with Crippen LogP contribution in [0.2, 0.25) is 25.2 Å². The fraction of sp³-hybridized carbons (Fsp3) is 0.900. The van der Waals surface area contributed by atoms with Crippen molar-refractivity contribution in [2.75, 3.05) is 35.4 Å². The van der Waals surface area contributed by atoms with E-state index in [2.05, 4.69) is 0 Å². The number of carbonyl (C=O) groups is 1. The first kappa shape index (κ1) is 17.6. The molecule has 0 unspecified atom stereocenters. The highest BCUT2D eigenvalue weighted by Crippen LogP contribution is 2.23. The van der Waals surface area contributed by atoms with E-state index in [-0.39, 0.29) is 6.09 Å². The Bertz CT molecular complexity index is 261. The molecule has 0 bridgehead atoms. The Balaban J connectivity index is 4.45. The van der Waals surface area contributed by atoms with Crippen LogP contribution in [0.4, 0.5) is 4.79 Å². The topological polar surface area (TPSA) is 57.2 Å². The molecule has 0 aromatic carbocycles. The van der Waals surface area contributed by atoms with Crippen LogP contribution in [0.1, 0.15) is 0 Å². The van der Waals surface area contributed by atoms with Crippen molar-refractivity contribution in [2.24, 2.45) is 0 Å². The van der Waals surface area contributed by atoms with Crippen LogP contribution in [-0.4, -0.2) is 63.5 Å². The Morgan fingerprint density at radius 1 is 1.00 bits per heavy atom. The molecule has 0 saturated carbocycles. The molecular weight excluding hydrogens is 270 g/mol. The lowest BCUT2D eigenvalue weighted by atomic mass is 10.9. The van der Waals surface area contributed by atoms with Crippen molar-refractivity contribution < 1.29 is 22.5 Å². The van der Waals surface area contributed by atoms with Crippen LogP contribution in [0.15, 0.2) is 0 Å². The summed E-state index contributed by atoms with van der Waals surface area (Å²) in [6.45, 7) is 3.99. The average molecular weight is 295 g/mol. The molecule has 18 heavy (non-hydrogen) atoms. The third-order valence-electron chi connectivity index (χ3n) is 2.70. The highest BCUT2D eigenvalue weighted by atomic mass is 28.4. The quantitative estimate of drug-likeness (QED) is 0.670. The predicted octanol–water partition coefficient (Wildman–Crippen LogP) is 1.77. The van der Waals surface area contributed by atoms with E-state index in [1.807, 2.05) is 13.1 Å². The summed E-state index contributed by atoms with van der Waals surface area (Å²) in [6, 6.07) is 1.39. The highest BCUT2D eigenvalue weighted by Gasteiger charge is 2.41. The lowest BCUT2D eigenvalue weighted by Gasteiger charge is -2.29. The van der Waals surface area contributed by atoms with E-state index in [1.54, 1.807) is 35.4 Å². The number of hydrogen-bond acceptors (Lipinski definition) is 5. The molecule has 0 radical (unpaired) electrons. The van der Waals surface area contributed by atoms with Gasteiger partial charge in [-0.25, -0.2) is 4.79 Å². The van der Waals surface area contributed by atoms with Crippen LogP contribution >= 0.6 is 0 Å². The zero-order valence-electron chi connectivity index (χ0n) is 12.4. The molecular formula is C10H25NO5Si2. The van der Waals surface area contributed by atoms with Gasteiger partial charge in [-0.2, -0.15) is 0 Å². The van der Waals surface area contributed by atoms with Crippen molar-refractivity contribution in [3.05, 3.63) is 0 Å². The normalized spacial score (nSPS) is 12.4. The maximum absolute atomic E-state index is 11.5. The van der Waals surface area contributed by atoms with Crippen LogP contribution in [0.3, 0.4) is 0 Å². The summed E-state index contributed by atoms with van der Waals surface area (Å²) in [7, 11) is 3.43. The third kappa shape index (κ3) is 5.48. The Labute approximate surface area is 112 Å². The first-order chi connectivity index (χ1) is 8.22. The maximum atomic E-state index is 11.5. The third-order valence-corrected chi connectivity index (χ3v) is 8.10. The van der Waals surface area contributed by atoms with Crippen LogP contribution in [-0.2, 0) is 17.7 Å². The van der Waals surface area contributed by atoms with E-state index in [1.165, 1.54) is 4.90 Å². The maximum Gasteiger partial charge on any atom is 0.499 e. The Morgan fingerprint density at radius 3 is 1.78 bits per heavy atom. The van der Waals surface area contributed by atoms with Crippen molar-refractivity contribution in [1.82, 2.24) is 4.90 Å². The number of nitrogens with zero attached hydrogens (tertiary/aromatic N) is 1. The largest absolute Gasteiger partial charge is 0.504 e. The van der Waals surface area contributed by atoms with Gasteiger partial charge >= 0.3 is 14.9 Å². The van der Waals surface area contributed by atoms with Gasteiger partial charge in [-0.3, -0.25) is 0 Å². The summed E-state index contributed by atoms with van der Waals surface area (Å²) in [5, 5.41) is 0. The van der Waals surface area contributed by atoms with E-state index >= 15 is 0 Å². The van der Waals surface area contributed by atoms with Crippen molar-refractivity contribution in [3.8, 4) is 0 Å². The van der Waals surface area contributed by atoms with Crippen molar-refractivity contribution >= 4 is 23.2 Å². The second kappa shape index (κ2) is 7.24. The Hall–Kier alpha value is -0.416. The molecule has 0 aromatic rings. The van der Waals surface area contributed by atoms with Gasteiger partial charge in [0.15, 0.2) is 0 Å². The minimum absolute atomic E-state index is 0.300. The van der Waals surface area contributed by atoms with Gasteiger partial charge in [-0.1, -0.05) is 0 Å². The molecule has 6 nitrogen and oxygen atoms in total. The predicted molar refractivity (Wildman–Crippen MR) is 74.0 cm³/mol. The minimum atomic E-state index is -2.58. The molecule has 0 spiro atoms. The van der Waals surface area contributed by atoms with Crippen molar-refractivity contribution in [3.63, 3.8) is 0 Å². The fourth-order valence-electron chi connectivity index (χ4n) is 1.39. The molecule has 0 N–H and O–H groups in total. The molecule has 0 fully saturated rings. The molecule has 0 atom stereocenters. The summed E-state index contributed by atoms with van der Waals surface area (Å²) >= 11 is 0. The van der Waals surface area contributed by atoms with Crippen molar-refractivity contribution in [1.29, 1.82) is 0 Å². The Kier molecular flexibility index (Phi) is 7.07. The molecule has 108 valence electrons. The van der Waals surface area contributed by atoms with Crippen molar-refractivity contribution in [2.45, 2.75) is 25.2 Å². The van der Waals surface area contributed by atoms with Gasteiger partial charge in [-0.15, -0.1) is 0 Å². The minimum Gasteiger partial charge on any atom is -0.504 e. The molecule has 8 heteroatoms. The molecule has 0 aliphatic rings. The standard InChI is InChI=1S/C10H25NO5Si2/c1-11(2)10(12)16-17(6,7)8-9-18(13-3,14-4)15-5/h8-9H2,1-7H3. The van der Waals surface area contributed by atoms with Gasteiger partial charge < -0.3 is 22.6 Å². The lowest BCUT2D eigenvalue weighted by molar-refractivity contribution is 0.124. The van der Waals surface area contributed by atoms with E-state index in [0.29, 0.717) is 6.04 Å². The summed E-state index contributed by atoms with van der Waals surface area (Å²) < 4.78 is 21.6. The summed E-state index contributed by atoms with van der Waals surface area (Å²) in [6.07, 6.45) is -0.300. The van der Waals surface area contributed by atoms with Gasteiger partial charge in [0, 0.05) is 41.5 Å². The SMILES string of the molecule is CO[Si](CC[Si](C)(C)OC(=O)N(C)C)(OC)OC. The van der Waals surface area contributed by atoms with E-state index in [4.69, 9.17) is 17.7 Å². The van der Waals surface area contributed by atoms with E-state index in [9.17, 15) is 4.79 Å². The molecule has 0 heterocycles. The number of carbonyl (C=O) groups excluding carboxylic acids is 1. The summed E-state index contributed by atoms with van der Waals surface area (Å²) in [4.78, 5) is 13.0. The van der Waals surface area contributed by atoms with Crippen LogP contribution in [0.5, 0.6) is 0 Å². The zero-order chi connectivity index (χ0) is 14.4. The summed E-state index contributed by atoms with van der Waals surface area (Å²) in [5.74, 6) is 0. The van der Waals surface area contributed by atoms with E-state index < -0.39 is 17.1 Å². The first-order valence-corrected chi connectivity index (χ1v) is 10.8. The van der Waals surface area contributed by atoms with Crippen LogP contribution in [0.25, 0.3) is 0 Å². The molecule has 1 amide bonds. The second-order valence-corrected chi connectivity index (χ2v) is 12.1. The fourth-order valence-corrected chi connectivity index (χ4v) is 6.89. The van der Waals surface area contributed by atoms with Gasteiger partial charge in [-0.05, 0) is 19.1 Å². The molecule has 0 aliphatic heterocycles. The van der Waals surface area contributed by atoms with Gasteiger partial charge in [0.05, 0.1) is 0 Å². The van der Waals surface area contributed by atoms with Gasteiger partial charge in [0.1, 0.15) is 0 Å². The zero-order valence-corrected chi connectivity index (χ0v) is 14.4. The number of rotatable bonds is 7. The van der Waals surface area contributed by atoms with Gasteiger partial charge in [0.2, 0.25) is 0 Å². The molecule has 0 saturated heterocycles. The van der Waals surface area contributed by atoms with Crippen LogP contribution in [0, 0.1) is 0 Å². The summed E-state index contributed by atoms with van der Waals surface area (Å²) in [5.41, 5.74) is 0. The molecule has 0 aromatic heterocycles. The smallest absolute Gasteiger partial charge is 0.499 e. The number of hydrogen-bond donors (Lipinski definition) is 0. The average Bonchev–Trinajstić information content (AvgIpc) is 2.31. The van der Waals surface area contributed by atoms with Gasteiger partial charge in [0.25, 0.3) is 8.32 Å². The highest BCUT2D eigenvalue weighted by molar-refractivity contribution is 6.74. The Morgan fingerprint density at radius 2 is 1.44 bits per heavy atom. The lowest BCUT2D eigenvalue weighted by Crippen LogP contribution is -2.46. The number of amides is 1. The van der Waals surface area contributed by atoms with Crippen LogP contribution < -0.4 is 0 Å².